The van der Waals surface area contributed by atoms with Crippen molar-refractivity contribution in [3.8, 4) is 17.1 Å². The van der Waals surface area contributed by atoms with Crippen molar-refractivity contribution in [2.24, 2.45) is 0 Å². The summed E-state index contributed by atoms with van der Waals surface area (Å²) in [6.45, 7) is 1.93. The van der Waals surface area contributed by atoms with Gasteiger partial charge in [0, 0.05) is 36.6 Å². The molecule has 0 bridgehead atoms. The van der Waals surface area contributed by atoms with Crippen molar-refractivity contribution in [3.63, 3.8) is 0 Å². The van der Waals surface area contributed by atoms with Gasteiger partial charge in [-0.25, -0.2) is 4.98 Å². The Morgan fingerprint density at radius 2 is 2.14 bits per heavy atom. The molecule has 0 saturated carbocycles. The van der Waals surface area contributed by atoms with Crippen molar-refractivity contribution in [2.75, 3.05) is 20.1 Å². The molecule has 0 N–H and O–H groups in total. The zero-order chi connectivity index (χ0) is 14.7. The molecule has 6 heteroatoms. The van der Waals surface area contributed by atoms with Gasteiger partial charge in [0.25, 0.3) is 0 Å². The van der Waals surface area contributed by atoms with E-state index in [9.17, 15) is 4.79 Å². The normalized spacial score (nSPS) is 18.6. The highest BCUT2D eigenvalue weighted by Gasteiger charge is 2.21. The minimum Gasteiger partial charge on any atom is -0.472 e. The van der Waals surface area contributed by atoms with E-state index in [0.717, 1.165) is 31.4 Å². The van der Waals surface area contributed by atoms with Gasteiger partial charge in [-0.1, -0.05) is 0 Å². The van der Waals surface area contributed by atoms with E-state index in [1.165, 1.54) is 6.20 Å². The van der Waals surface area contributed by atoms with Crippen molar-refractivity contribution >= 4 is 6.29 Å². The molecule has 1 unspecified atom stereocenters. The van der Waals surface area contributed by atoms with E-state index in [4.69, 9.17) is 4.74 Å². The van der Waals surface area contributed by atoms with E-state index in [0.29, 0.717) is 17.1 Å². The van der Waals surface area contributed by atoms with Gasteiger partial charge in [0.05, 0.1) is 18.1 Å². The molecule has 1 saturated heterocycles. The highest BCUT2D eigenvalue weighted by molar-refractivity contribution is 5.77. The number of likely N-dealkylation sites (tertiary alicyclic amines) is 1. The summed E-state index contributed by atoms with van der Waals surface area (Å²) in [5.41, 5.74) is 1.91. The van der Waals surface area contributed by atoms with E-state index in [1.807, 2.05) is 0 Å². The number of aromatic nitrogens is 3. The van der Waals surface area contributed by atoms with Crippen molar-refractivity contribution in [1.29, 1.82) is 0 Å². The number of aldehydes is 1. The lowest BCUT2D eigenvalue weighted by atomic mass is 10.2. The number of likely N-dealkylation sites (N-methyl/N-ethyl adjacent to an activating group) is 1. The fraction of sp³-hybridized carbons (Fsp3) is 0.333. The predicted molar refractivity (Wildman–Crippen MR) is 77.2 cm³/mol. The number of rotatable bonds is 4. The third-order valence-electron chi connectivity index (χ3n) is 3.44. The van der Waals surface area contributed by atoms with Gasteiger partial charge in [-0.05, 0) is 19.5 Å². The van der Waals surface area contributed by atoms with Gasteiger partial charge in [-0.2, -0.15) is 0 Å². The number of nitrogens with zero attached hydrogens (tertiary/aromatic N) is 4. The molecule has 1 aliphatic heterocycles. The molecule has 108 valence electrons. The van der Waals surface area contributed by atoms with E-state index in [-0.39, 0.29) is 6.10 Å². The number of pyridine rings is 1. The first-order valence-corrected chi connectivity index (χ1v) is 6.82. The average molecular weight is 284 g/mol. The lowest BCUT2D eigenvalue weighted by Crippen LogP contribution is -2.21. The molecule has 0 radical (unpaired) electrons. The molecule has 21 heavy (non-hydrogen) atoms. The molecule has 0 spiro atoms. The van der Waals surface area contributed by atoms with E-state index in [2.05, 4.69) is 26.9 Å². The Labute approximate surface area is 122 Å². The van der Waals surface area contributed by atoms with Crippen molar-refractivity contribution in [2.45, 2.75) is 12.5 Å². The van der Waals surface area contributed by atoms with Crippen molar-refractivity contribution in [1.82, 2.24) is 19.9 Å². The molecular formula is C15H16N4O2. The maximum absolute atomic E-state index is 10.8. The van der Waals surface area contributed by atoms with Gasteiger partial charge in [0.1, 0.15) is 6.10 Å². The Morgan fingerprint density at radius 1 is 1.29 bits per heavy atom. The highest BCUT2D eigenvalue weighted by atomic mass is 16.5. The Kier molecular flexibility index (Phi) is 3.87. The Balaban J connectivity index is 1.80. The zero-order valence-corrected chi connectivity index (χ0v) is 11.8. The first-order chi connectivity index (χ1) is 10.2. The fourth-order valence-corrected chi connectivity index (χ4v) is 2.37. The molecule has 1 fully saturated rings. The summed E-state index contributed by atoms with van der Waals surface area (Å²) in [5, 5.41) is 0. The summed E-state index contributed by atoms with van der Waals surface area (Å²) < 4.78 is 5.86. The summed E-state index contributed by atoms with van der Waals surface area (Å²) in [5.74, 6) is 0.504. The van der Waals surface area contributed by atoms with Crippen LogP contribution in [0.5, 0.6) is 5.88 Å². The number of hydrogen-bond acceptors (Lipinski definition) is 6. The van der Waals surface area contributed by atoms with Crippen LogP contribution in [0.4, 0.5) is 0 Å². The lowest BCUT2D eigenvalue weighted by molar-refractivity contribution is 0.112. The topological polar surface area (TPSA) is 68.2 Å². The fourth-order valence-electron chi connectivity index (χ4n) is 2.37. The maximum atomic E-state index is 10.8. The van der Waals surface area contributed by atoms with Crippen LogP contribution >= 0.6 is 0 Å². The molecule has 3 rings (SSSR count). The van der Waals surface area contributed by atoms with Gasteiger partial charge in [-0.15, -0.1) is 0 Å². The molecule has 2 aromatic rings. The molecule has 1 aliphatic rings. The monoisotopic (exact) mass is 284 g/mol. The highest BCUT2D eigenvalue weighted by Crippen LogP contribution is 2.20. The van der Waals surface area contributed by atoms with Gasteiger partial charge < -0.3 is 9.64 Å². The maximum Gasteiger partial charge on any atom is 0.233 e. The third kappa shape index (κ3) is 3.22. The average Bonchev–Trinajstić information content (AvgIpc) is 2.93. The van der Waals surface area contributed by atoms with Crippen LogP contribution in [0.1, 0.15) is 16.8 Å². The third-order valence-corrected chi connectivity index (χ3v) is 3.44. The standard InChI is InChI=1S/C15H16N4O2/c1-19-3-2-13(9-19)21-15-8-17-7-14(18-15)12-4-11(10-20)5-16-6-12/h4-8,10,13H,2-3,9H2,1H3. The molecule has 0 amide bonds. The molecule has 2 aromatic heterocycles. The van der Waals surface area contributed by atoms with Gasteiger partial charge >= 0.3 is 0 Å². The Hall–Kier alpha value is -2.34. The van der Waals surface area contributed by atoms with Crippen LogP contribution in [0.2, 0.25) is 0 Å². The van der Waals surface area contributed by atoms with Crippen LogP contribution in [0, 0.1) is 0 Å². The van der Waals surface area contributed by atoms with E-state index < -0.39 is 0 Å². The summed E-state index contributed by atoms with van der Waals surface area (Å²) >= 11 is 0. The number of carbonyl (C=O) groups excluding carboxylic acids is 1. The SMILES string of the molecule is CN1CCC(Oc2cncc(-c3cncc(C=O)c3)n2)C1. The summed E-state index contributed by atoms with van der Waals surface area (Å²) in [6.07, 6.45) is 8.32. The number of hydrogen-bond donors (Lipinski definition) is 0. The van der Waals surface area contributed by atoms with Crippen LogP contribution < -0.4 is 4.74 Å². The van der Waals surface area contributed by atoms with Gasteiger partial charge in [0.2, 0.25) is 5.88 Å². The second kappa shape index (κ2) is 5.97. The molecule has 0 aromatic carbocycles. The zero-order valence-electron chi connectivity index (χ0n) is 11.8. The van der Waals surface area contributed by atoms with Crippen LogP contribution in [0.3, 0.4) is 0 Å². The number of carbonyl (C=O) groups is 1. The first kappa shape index (κ1) is 13.6. The Morgan fingerprint density at radius 3 is 2.90 bits per heavy atom. The molecule has 0 aliphatic carbocycles. The van der Waals surface area contributed by atoms with Gasteiger partial charge in [-0.3, -0.25) is 14.8 Å². The smallest absolute Gasteiger partial charge is 0.233 e. The second-order valence-corrected chi connectivity index (χ2v) is 5.16. The van der Waals surface area contributed by atoms with Crippen LogP contribution in [0.15, 0.2) is 30.9 Å². The number of ether oxygens (including phenoxy) is 1. The molecule has 6 nitrogen and oxygen atoms in total. The Bertz CT molecular complexity index is 647. The summed E-state index contributed by atoms with van der Waals surface area (Å²) in [7, 11) is 2.07. The van der Waals surface area contributed by atoms with E-state index >= 15 is 0 Å². The van der Waals surface area contributed by atoms with Crippen LogP contribution in [-0.4, -0.2) is 52.4 Å². The second-order valence-electron chi connectivity index (χ2n) is 5.16. The van der Waals surface area contributed by atoms with Crippen LogP contribution in [0.25, 0.3) is 11.3 Å². The summed E-state index contributed by atoms with van der Waals surface area (Å²) in [4.78, 5) is 25.7. The molecule has 3 heterocycles. The minimum atomic E-state index is 0.152. The van der Waals surface area contributed by atoms with Gasteiger partial charge in [0.15, 0.2) is 6.29 Å². The quantitative estimate of drug-likeness (QED) is 0.791. The van der Waals surface area contributed by atoms with Crippen molar-refractivity contribution in [3.05, 3.63) is 36.4 Å². The lowest BCUT2D eigenvalue weighted by Gasteiger charge is -2.13. The van der Waals surface area contributed by atoms with E-state index in [1.54, 1.807) is 24.7 Å². The predicted octanol–water partition coefficient (Wildman–Crippen LogP) is 1.43. The minimum absolute atomic E-state index is 0.152. The molecular weight excluding hydrogens is 268 g/mol. The largest absolute Gasteiger partial charge is 0.472 e. The van der Waals surface area contributed by atoms with Crippen molar-refractivity contribution < 1.29 is 9.53 Å². The van der Waals surface area contributed by atoms with Crippen LogP contribution in [-0.2, 0) is 0 Å². The summed E-state index contributed by atoms with van der Waals surface area (Å²) in [6, 6.07) is 1.73. The first-order valence-electron chi connectivity index (χ1n) is 6.82. The molecule has 1 atom stereocenters.